The molecular formula is C11H18O. The molecule has 0 N–H and O–H groups in total. The van der Waals surface area contributed by atoms with Crippen molar-refractivity contribution in [1.29, 1.82) is 0 Å². The van der Waals surface area contributed by atoms with Crippen molar-refractivity contribution in [3.8, 4) is 0 Å². The molecule has 2 unspecified atom stereocenters. The minimum atomic E-state index is 0.494. The highest BCUT2D eigenvalue weighted by Crippen LogP contribution is 2.45. The minimum absolute atomic E-state index is 0.494. The van der Waals surface area contributed by atoms with Gasteiger partial charge in [-0.25, -0.2) is 0 Å². The fourth-order valence-corrected chi connectivity index (χ4v) is 2.64. The molecule has 0 saturated heterocycles. The van der Waals surface area contributed by atoms with Gasteiger partial charge in [0, 0.05) is 5.92 Å². The van der Waals surface area contributed by atoms with Crippen LogP contribution in [0.4, 0.5) is 0 Å². The summed E-state index contributed by atoms with van der Waals surface area (Å²) in [6.07, 6.45) is 9.76. The number of fused-ring (bicyclic) bond motifs is 1. The molecule has 0 aromatic heterocycles. The largest absolute Gasteiger partial charge is 0.498 e. The predicted molar refractivity (Wildman–Crippen MR) is 49.8 cm³/mol. The molecule has 1 aliphatic heterocycles. The van der Waals surface area contributed by atoms with E-state index in [4.69, 9.17) is 4.74 Å². The van der Waals surface area contributed by atoms with Crippen LogP contribution in [0, 0.1) is 11.3 Å². The fourth-order valence-electron chi connectivity index (χ4n) is 2.64. The molecule has 0 spiro atoms. The third-order valence-corrected chi connectivity index (χ3v) is 3.50. The topological polar surface area (TPSA) is 9.23 Å². The summed E-state index contributed by atoms with van der Waals surface area (Å²) >= 11 is 0. The van der Waals surface area contributed by atoms with Gasteiger partial charge in [-0.1, -0.05) is 13.8 Å². The highest BCUT2D eigenvalue weighted by Gasteiger charge is 2.39. The van der Waals surface area contributed by atoms with E-state index in [2.05, 4.69) is 19.9 Å². The minimum Gasteiger partial charge on any atom is -0.498 e. The van der Waals surface area contributed by atoms with Gasteiger partial charge in [0.25, 0.3) is 0 Å². The molecule has 68 valence electrons. The maximum Gasteiger partial charge on any atom is 0.101 e. The molecule has 0 aromatic carbocycles. The van der Waals surface area contributed by atoms with Crippen LogP contribution in [0.1, 0.15) is 39.5 Å². The Bertz CT molecular complexity index is 193. The summed E-state index contributed by atoms with van der Waals surface area (Å²) < 4.78 is 5.64. The number of allylic oxidation sites excluding steroid dienone is 1. The average Bonchev–Trinajstić information content (AvgIpc) is 2.04. The first kappa shape index (κ1) is 8.15. The first-order chi connectivity index (χ1) is 5.70. The molecule has 2 rings (SSSR count). The van der Waals surface area contributed by atoms with Crippen LogP contribution in [0.2, 0.25) is 0 Å². The van der Waals surface area contributed by atoms with Crippen LogP contribution in [0.3, 0.4) is 0 Å². The molecule has 1 heterocycles. The van der Waals surface area contributed by atoms with E-state index in [0.29, 0.717) is 11.5 Å². The van der Waals surface area contributed by atoms with Gasteiger partial charge in [-0.15, -0.1) is 0 Å². The van der Waals surface area contributed by atoms with Crippen molar-refractivity contribution >= 4 is 0 Å². The highest BCUT2D eigenvalue weighted by atomic mass is 16.5. The van der Waals surface area contributed by atoms with E-state index in [1.54, 1.807) is 0 Å². The van der Waals surface area contributed by atoms with E-state index in [9.17, 15) is 0 Å². The van der Waals surface area contributed by atoms with E-state index in [1.807, 2.05) is 6.26 Å². The van der Waals surface area contributed by atoms with E-state index in [0.717, 1.165) is 5.92 Å². The van der Waals surface area contributed by atoms with Crippen molar-refractivity contribution in [2.75, 3.05) is 0 Å². The lowest BCUT2D eigenvalue weighted by atomic mass is 9.65. The highest BCUT2D eigenvalue weighted by molar-refractivity contribution is 4.97. The molecule has 0 radical (unpaired) electrons. The van der Waals surface area contributed by atoms with Crippen molar-refractivity contribution in [2.24, 2.45) is 11.3 Å². The number of hydrogen-bond donors (Lipinski definition) is 0. The molecule has 1 fully saturated rings. The molecule has 1 saturated carbocycles. The van der Waals surface area contributed by atoms with E-state index in [-0.39, 0.29) is 0 Å². The Labute approximate surface area is 74.8 Å². The van der Waals surface area contributed by atoms with Gasteiger partial charge in [0.05, 0.1) is 6.26 Å². The molecule has 1 aliphatic carbocycles. The van der Waals surface area contributed by atoms with E-state index in [1.165, 1.54) is 25.7 Å². The van der Waals surface area contributed by atoms with E-state index >= 15 is 0 Å². The standard InChI is InChI=1S/C11H18O/c1-11(2)7-3-6-10-9(11)5-4-8-12-10/h4,8-10H,3,5-7H2,1-2H3. The molecule has 1 nitrogen and oxygen atoms in total. The van der Waals surface area contributed by atoms with Gasteiger partial charge < -0.3 is 4.74 Å². The van der Waals surface area contributed by atoms with Crippen LogP contribution in [-0.4, -0.2) is 6.10 Å². The van der Waals surface area contributed by atoms with Gasteiger partial charge in [0.1, 0.15) is 6.10 Å². The Balaban J connectivity index is 2.16. The molecule has 2 atom stereocenters. The second-order valence-corrected chi connectivity index (χ2v) is 4.77. The normalized spacial score (nSPS) is 38.5. The molecule has 0 bridgehead atoms. The van der Waals surface area contributed by atoms with Crippen molar-refractivity contribution in [3.05, 3.63) is 12.3 Å². The lowest BCUT2D eigenvalue weighted by Gasteiger charge is -2.44. The smallest absolute Gasteiger partial charge is 0.101 e. The van der Waals surface area contributed by atoms with Gasteiger partial charge in [-0.2, -0.15) is 0 Å². The summed E-state index contributed by atoms with van der Waals surface area (Å²) in [7, 11) is 0. The van der Waals surface area contributed by atoms with Crippen LogP contribution >= 0.6 is 0 Å². The number of hydrogen-bond acceptors (Lipinski definition) is 1. The van der Waals surface area contributed by atoms with Crippen LogP contribution in [-0.2, 0) is 4.74 Å². The van der Waals surface area contributed by atoms with Crippen molar-refractivity contribution in [1.82, 2.24) is 0 Å². The Morgan fingerprint density at radius 3 is 3.00 bits per heavy atom. The second kappa shape index (κ2) is 2.79. The summed E-state index contributed by atoms with van der Waals surface area (Å²) in [5, 5.41) is 0. The average molecular weight is 166 g/mol. The van der Waals surface area contributed by atoms with Crippen LogP contribution in [0.15, 0.2) is 12.3 Å². The SMILES string of the molecule is CC1(C)CCCC2OC=CCC21. The molecule has 0 amide bonds. The van der Waals surface area contributed by atoms with Gasteiger partial charge in [0.2, 0.25) is 0 Å². The first-order valence-corrected chi connectivity index (χ1v) is 5.01. The molecule has 1 heteroatoms. The zero-order chi connectivity index (χ0) is 8.60. The molecular weight excluding hydrogens is 148 g/mol. The van der Waals surface area contributed by atoms with Crippen LogP contribution < -0.4 is 0 Å². The Kier molecular flexibility index (Phi) is 1.90. The number of rotatable bonds is 0. The summed E-state index contributed by atoms with van der Waals surface area (Å²) in [5.41, 5.74) is 0.494. The van der Waals surface area contributed by atoms with Gasteiger partial charge in [0.15, 0.2) is 0 Å². The zero-order valence-electron chi connectivity index (χ0n) is 8.05. The third-order valence-electron chi connectivity index (χ3n) is 3.50. The van der Waals surface area contributed by atoms with Gasteiger partial charge in [-0.3, -0.25) is 0 Å². The first-order valence-electron chi connectivity index (χ1n) is 5.01. The summed E-state index contributed by atoms with van der Waals surface area (Å²) in [6.45, 7) is 4.76. The quantitative estimate of drug-likeness (QED) is 0.537. The van der Waals surface area contributed by atoms with E-state index < -0.39 is 0 Å². The van der Waals surface area contributed by atoms with Gasteiger partial charge in [-0.05, 0) is 37.2 Å². The second-order valence-electron chi connectivity index (χ2n) is 4.77. The molecule has 0 aromatic rings. The van der Waals surface area contributed by atoms with Crippen LogP contribution in [0.25, 0.3) is 0 Å². The zero-order valence-corrected chi connectivity index (χ0v) is 8.05. The predicted octanol–water partition coefficient (Wildman–Crippen LogP) is 3.12. The lowest BCUT2D eigenvalue weighted by Crippen LogP contribution is -2.40. The Morgan fingerprint density at radius 2 is 2.25 bits per heavy atom. The van der Waals surface area contributed by atoms with Crippen molar-refractivity contribution in [2.45, 2.75) is 45.6 Å². The van der Waals surface area contributed by atoms with Crippen molar-refractivity contribution in [3.63, 3.8) is 0 Å². The van der Waals surface area contributed by atoms with Gasteiger partial charge >= 0.3 is 0 Å². The fraction of sp³-hybridized carbons (Fsp3) is 0.818. The maximum atomic E-state index is 5.64. The van der Waals surface area contributed by atoms with Crippen molar-refractivity contribution < 1.29 is 4.74 Å². The van der Waals surface area contributed by atoms with Crippen LogP contribution in [0.5, 0.6) is 0 Å². The Hall–Kier alpha value is -0.460. The molecule has 12 heavy (non-hydrogen) atoms. The summed E-state index contributed by atoms with van der Waals surface area (Å²) in [6, 6.07) is 0. The summed E-state index contributed by atoms with van der Waals surface area (Å²) in [4.78, 5) is 0. The molecule has 2 aliphatic rings. The third kappa shape index (κ3) is 1.26. The summed E-state index contributed by atoms with van der Waals surface area (Å²) in [5.74, 6) is 0.760. The Morgan fingerprint density at radius 1 is 1.42 bits per heavy atom. The number of ether oxygens (including phenoxy) is 1. The lowest BCUT2D eigenvalue weighted by molar-refractivity contribution is -0.0275. The monoisotopic (exact) mass is 166 g/mol. The maximum absolute atomic E-state index is 5.64.